The maximum atomic E-state index is 11.5. The second-order valence-electron chi connectivity index (χ2n) is 5.71. The van der Waals surface area contributed by atoms with Crippen LogP contribution in [-0.4, -0.2) is 45.3 Å². The van der Waals surface area contributed by atoms with Crippen LogP contribution in [0.1, 0.15) is 13.3 Å². The Bertz CT molecular complexity index is 691. The molecule has 0 bridgehead atoms. The Balaban J connectivity index is 1.73. The molecule has 2 aliphatic rings. The topological polar surface area (TPSA) is 78.3 Å². The minimum Gasteiger partial charge on any atom is -0.353 e. The van der Waals surface area contributed by atoms with Gasteiger partial charge in [0, 0.05) is 31.7 Å². The summed E-state index contributed by atoms with van der Waals surface area (Å²) in [4.78, 5) is 18.3. The molecule has 2 aliphatic heterocycles. The van der Waals surface area contributed by atoms with E-state index in [2.05, 4.69) is 32.3 Å². The summed E-state index contributed by atoms with van der Waals surface area (Å²) in [6.45, 7) is 5.47. The van der Waals surface area contributed by atoms with Crippen molar-refractivity contribution in [2.75, 3.05) is 24.5 Å². The van der Waals surface area contributed by atoms with Crippen LogP contribution in [0.25, 0.3) is 5.65 Å². The van der Waals surface area contributed by atoms with Crippen molar-refractivity contribution in [3.05, 3.63) is 22.9 Å². The van der Waals surface area contributed by atoms with E-state index in [1.165, 1.54) is 4.40 Å². The van der Waals surface area contributed by atoms with E-state index in [0.717, 1.165) is 31.9 Å². The average Bonchev–Trinajstić information content (AvgIpc) is 3.12. The molecule has 3 atom stereocenters. The van der Waals surface area contributed by atoms with E-state index in [9.17, 15) is 4.79 Å². The normalized spacial score (nSPS) is 29.2. The number of hydrogen-bond donors (Lipinski definition) is 2. The molecule has 2 N–H and O–H groups in total. The number of aromatic nitrogens is 4. The first kappa shape index (κ1) is 11.9. The number of nitrogens with one attached hydrogen (secondary N) is 2. The molecule has 3 unspecified atom stereocenters. The molecule has 4 heterocycles. The van der Waals surface area contributed by atoms with E-state index >= 15 is 0 Å². The molecule has 7 heteroatoms. The smallest absolute Gasteiger partial charge is 0.348 e. The van der Waals surface area contributed by atoms with Gasteiger partial charge >= 0.3 is 5.69 Å². The molecule has 7 nitrogen and oxygen atoms in total. The van der Waals surface area contributed by atoms with Crippen molar-refractivity contribution in [2.45, 2.75) is 19.4 Å². The Hall–Kier alpha value is -1.89. The summed E-state index contributed by atoms with van der Waals surface area (Å²) in [5, 5.41) is 9.95. The van der Waals surface area contributed by atoms with Crippen LogP contribution in [0.3, 0.4) is 0 Å². The van der Waals surface area contributed by atoms with Crippen molar-refractivity contribution in [1.29, 1.82) is 0 Å². The zero-order valence-electron chi connectivity index (χ0n) is 11.4. The van der Waals surface area contributed by atoms with Crippen molar-refractivity contribution in [3.8, 4) is 0 Å². The molecule has 4 rings (SSSR count). The molecule has 0 amide bonds. The van der Waals surface area contributed by atoms with E-state index in [4.69, 9.17) is 0 Å². The van der Waals surface area contributed by atoms with E-state index in [-0.39, 0.29) is 5.69 Å². The summed E-state index contributed by atoms with van der Waals surface area (Å²) in [5.41, 5.74) is 0.388. The number of aromatic amines is 1. The van der Waals surface area contributed by atoms with Gasteiger partial charge in [-0.1, -0.05) is 6.92 Å². The van der Waals surface area contributed by atoms with Gasteiger partial charge in [-0.25, -0.2) is 19.3 Å². The predicted octanol–water partition coefficient (Wildman–Crippen LogP) is -0.148. The third-order valence-electron chi connectivity index (χ3n) is 4.73. The lowest BCUT2D eigenvalue weighted by molar-refractivity contribution is 0.441. The van der Waals surface area contributed by atoms with Crippen LogP contribution < -0.4 is 15.9 Å². The summed E-state index contributed by atoms with van der Waals surface area (Å²) in [7, 11) is 0. The monoisotopic (exact) mass is 274 g/mol. The van der Waals surface area contributed by atoms with E-state index in [1.54, 1.807) is 6.33 Å². The Morgan fingerprint density at radius 3 is 3.20 bits per heavy atom. The maximum Gasteiger partial charge on any atom is 0.348 e. The number of fused-ring (bicyclic) bond motifs is 2. The zero-order chi connectivity index (χ0) is 13.7. The van der Waals surface area contributed by atoms with Gasteiger partial charge in [0.1, 0.15) is 12.1 Å². The van der Waals surface area contributed by atoms with Crippen LogP contribution >= 0.6 is 0 Å². The fraction of sp³-hybridized carbons (Fsp3) is 0.615. The molecule has 2 aromatic rings. The van der Waals surface area contributed by atoms with Crippen LogP contribution in [0.5, 0.6) is 0 Å². The van der Waals surface area contributed by atoms with Gasteiger partial charge in [-0.2, -0.15) is 5.10 Å². The van der Waals surface area contributed by atoms with Gasteiger partial charge in [0.25, 0.3) is 0 Å². The molecular formula is C13H18N6O. The first-order valence-corrected chi connectivity index (χ1v) is 7.18. The minimum atomic E-state index is -0.242. The highest BCUT2D eigenvalue weighted by Crippen LogP contribution is 2.36. The average molecular weight is 274 g/mol. The zero-order valence-corrected chi connectivity index (χ0v) is 11.4. The summed E-state index contributed by atoms with van der Waals surface area (Å²) < 4.78 is 1.43. The number of anilines is 1. The summed E-state index contributed by atoms with van der Waals surface area (Å²) in [5.74, 6) is 2.34. The molecule has 2 aromatic heterocycles. The standard InChI is InChI=1S/C13H18N6O/c1-2-10-9-5-14-4-8(9)6-18(10)11-3-12-16-17-13(20)19(12)7-15-11/h3,7-10,14H,2,4-6H2,1H3,(H,17,20). The second kappa shape index (κ2) is 4.31. The van der Waals surface area contributed by atoms with E-state index in [1.807, 2.05) is 6.07 Å². The van der Waals surface area contributed by atoms with Gasteiger partial charge in [-0.15, -0.1) is 0 Å². The highest BCUT2D eigenvalue weighted by molar-refractivity contribution is 5.52. The Morgan fingerprint density at radius 2 is 2.35 bits per heavy atom. The lowest BCUT2D eigenvalue weighted by Crippen LogP contribution is -2.35. The number of nitrogens with zero attached hydrogens (tertiary/aromatic N) is 4. The SMILES string of the molecule is CCC1C2CNCC2CN1c1cc2n[nH]c(=O)n2cn1. The van der Waals surface area contributed by atoms with E-state index < -0.39 is 0 Å². The van der Waals surface area contributed by atoms with Crippen molar-refractivity contribution in [3.63, 3.8) is 0 Å². The van der Waals surface area contributed by atoms with Gasteiger partial charge in [0.15, 0.2) is 5.65 Å². The first-order valence-electron chi connectivity index (χ1n) is 7.18. The van der Waals surface area contributed by atoms with Crippen LogP contribution in [0.15, 0.2) is 17.2 Å². The first-order chi connectivity index (χ1) is 9.78. The molecule has 2 fully saturated rings. The number of rotatable bonds is 2. The molecule has 0 radical (unpaired) electrons. The molecule has 106 valence electrons. The van der Waals surface area contributed by atoms with Gasteiger partial charge in [0.2, 0.25) is 0 Å². The van der Waals surface area contributed by atoms with Crippen LogP contribution in [0.2, 0.25) is 0 Å². The lowest BCUT2D eigenvalue weighted by Gasteiger charge is -2.27. The molecule has 0 saturated carbocycles. The molecule has 0 spiro atoms. The molecular weight excluding hydrogens is 256 g/mol. The maximum absolute atomic E-state index is 11.5. The molecule has 2 saturated heterocycles. The van der Waals surface area contributed by atoms with Gasteiger partial charge < -0.3 is 10.2 Å². The third kappa shape index (κ3) is 1.59. The van der Waals surface area contributed by atoms with Gasteiger partial charge in [0.05, 0.1) is 0 Å². The highest BCUT2D eigenvalue weighted by atomic mass is 16.1. The van der Waals surface area contributed by atoms with Crippen LogP contribution in [0.4, 0.5) is 5.82 Å². The van der Waals surface area contributed by atoms with Crippen molar-refractivity contribution in [1.82, 2.24) is 24.9 Å². The Morgan fingerprint density at radius 1 is 1.45 bits per heavy atom. The highest BCUT2D eigenvalue weighted by Gasteiger charge is 2.43. The van der Waals surface area contributed by atoms with Crippen LogP contribution in [-0.2, 0) is 0 Å². The predicted molar refractivity (Wildman–Crippen MR) is 74.9 cm³/mol. The summed E-state index contributed by atoms with van der Waals surface area (Å²) >= 11 is 0. The number of hydrogen-bond acceptors (Lipinski definition) is 5. The van der Waals surface area contributed by atoms with Crippen LogP contribution in [0, 0.1) is 11.8 Å². The minimum absolute atomic E-state index is 0.242. The second-order valence-corrected chi connectivity index (χ2v) is 5.71. The van der Waals surface area contributed by atoms with E-state index in [0.29, 0.717) is 23.5 Å². The summed E-state index contributed by atoms with van der Waals surface area (Å²) in [6.07, 6.45) is 2.68. The molecule has 20 heavy (non-hydrogen) atoms. The quantitative estimate of drug-likeness (QED) is 0.796. The largest absolute Gasteiger partial charge is 0.353 e. The van der Waals surface area contributed by atoms with Crippen molar-refractivity contribution in [2.24, 2.45) is 11.8 Å². The van der Waals surface area contributed by atoms with Crippen molar-refractivity contribution < 1.29 is 0 Å². The van der Waals surface area contributed by atoms with Gasteiger partial charge in [-0.3, -0.25) is 0 Å². The fourth-order valence-electron chi connectivity index (χ4n) is 3.77. The third-order valence-corrected chi connectivity index (χ3v) is 4.73. The molecule has 0 aromatic carbocycles. The molecule has 0 aliphatic carbocycles. The Labute approximate surface area is 116 Å². The van der Waals surface area contributed by atoms with Crippen molar-refractivity contribution >= 4 is 11.5 Å². The summed E-state index contributed by atoms with van der Waals surface area (Å²) in [6, 6.07) is 2.42. The number of H-pyrrole nitrogens is 1. The van der Waals surface area contributed by atoms with Gasteiger partial charge in [-0.05, 0) is 18.3 Å². The lowest BCUT2D eigenvalue weighted by atomic mass is 9.93. The Kier molecular flexibility index (Phi) is 2.56. The fourth-order valence-corrected chi connectivity index (χ4v) is 3.77.